The number of halogens is 3. The lowest BCUT2D eigenvalue weighted by molar-refractivity contribution is -0.137. The van der Waals surface area contributed by atoms with Crippen LogP contribution in [-0.4, -0.2) is 36.1 Å². The SMILES string of the molecule is COc1ccc(/C(O)=C2\C(=O)C(=O)N(c3cccc(C(F)(F)F)c3)[C@@H]2c2ccc(O)c(OC)c2)cc1. The fourth-order valence-corrected chi connectivity index (χ4v) is 4.02. The Bertz CT molecular complexity index is 1360. The van der Waals surface area contributed by atoms with Crippen LogP contribution in [0.3, 0.4) is 0 Å². The highest BCUT2D eigenvalue weighted by atomic mass is 19.4. The average Bonchev–Trinajstić information content (AvgIpc) is 3.13. The Morgan fingerprint density at radius 1 is 0.944 bits per heavy atom. The number of aliphatic hydroxyl groups is 1. The van der Waals surface area contributed by atoms with Crippen molar-refractivity contribution in [3.63, 3.8) is 0 Å². The van der Waals surface area contributed by atoms with Gasteiger partial charge in [-0.25, -0.2) is 0 Å². The van der Waals surface area contributed by atoms with Crippen molar-refractivity contribution in [2.45, 2.75) is 12.2 Å². The molecule has 10 heteroatoms. The second kappa shape index (κ2) is 9.29. The zero-order valence-electron chi connectivity index (χ0n) is 19.0. The predicted octanol–water partition coefficient (Wildman–Crippen LogP) is 5.05. The maximum atomic E-state index is 13.4. The van der Waals surface area contributed by atoms with E-state index < -0.39 is 35.2 Å². The van der Waals surface area contributed by atoms with E-state index in [1.807, 2.05) is 0 Å². The topological polar surface area (TPSA) is 96.3 Å². The molecule has 1 heterocycles. The summed E-state index contributed by atoms with van der Waals surface area (Å²) in [6.45, 7) is 0. The molecule has 186 valence electrons. The number of ketones is 1. The summed E-state index contributed by atoms with van der Waals surface area (Å²) in [6, 6.07) is 12.7. The molecule has 1 saturated heterocycles. The summed E-state index contributed by atoms with van der Waals surface area (Å²) in [5.41, 5.74) is -1.14. The lowest BCUT2D eigenvalue weighted by Gasteiger charge is -2.26. The number of phenols is 1. The third-order valence-electron chi connectivity index (χ3n) is 5.78. The number of hydrogen-bond acceptors (Lipinski definition) is 6. The molecule has 0 aliphatic carbocycles. The van der Waals surface area contributed by atoms with Crippen LogP contribution in [-0.2, 0) is 15.8 Å². The first kappa shape index (κ1) is 24.6. The van der Waals surface area contributed by atoms with Crippen LogP contribution in [0.15, 0.2) is 72.3 Å². The van der Waals surface area contributed by atoms with Gasteiger partial charge in [0.15, 0.2) is 11.5 Å². The van der Waals surface area contributed by atoms with Gasteiger partial charge in [0.2, 0.25) is 0 Å². The van der Waals surface area contributed by atoms with Crippen molar-refractivity contribution in [2.75, 3.05) is 19.1 Å². The van der Waals surface area contributed by atoms with E-state index >= 15 is 0 Å². The van der Waals surface area contributed by atoms with Gasteiger partial charge in [0.05, 0.1) is 31.4 Å². The molecule has 1 aliphatic heterocycles. The number of nitrogens with zero attached hydrogens (tertiary/aromatic N) is 1. The Morgan fingerprint density at radius 3 is 2.25 bits per heavy atom. The van der Waals surface area contributed by atoms with Crippen molar-refractivity contribution in [1.29, 1.82) is 0 Å². The number of methoxy groups -OCH3 is 2. The van der Waals surface area contributed by atoms with Gasteiger partial charge in [-0.3, -0.25) is 14.5 Å². The number of anilines is 1. The van der Waals surface area contributed by atoms with Crippen LogP contribution < -0.4 is 14.4 Å². The lowest BCUT2D eigenvalue weighted by atomic mass is 9.94. The number of benzene rings is 3. The molecule has 1 aliphatic rings. The first-order chi connectivity index (χ1) is 17.1. The normalized spacial score (nSPS) is 17.4. The van der Waals surface area contributed by atoms with Gasteiger partial charge < -0.3 is 19.7 Å². The Kier molecular flexibility index (Phi) is 6.36. The zero-order valence-corrected chi connectivity index (χ0v) is 19.0. The van der Waals surface area contributed by atoms with Gasteiger partial charge >= 0.3 is 6.18 Å². The molecule has 0 spiro atoms. The Hall–Kier alpha value is -4.47. The number of aliphatic hydroxyl groups excluding tert-OH is 1. The number of phenolic OH excluding ortho intramolecular Hbond substituents is 1. The summed E-state index contributed by atoms with van der Waals surface area (Å²) in [4.78, 5) is 27.2. The molecular formula is C26H20F3NO6. The Morgan fingerprint density at radius 2 is 1.64 bits per heavy atom. The summed E-state index contributed by atoms with van der Waals surface area (Å²) >= 11 is 0. The second-order valence-electron chi connectivity index (χ2n) is 7.88. The fraction of sp³-hybridized carbons (Fsp3) is 0.154. The van der Waals surface area contributed by atoms with E-state index in [2.05, 4.69) is 0 Å². The predicted molar refractivity (Wildman–Crippen MR) is 124 cm³/mol. The number of Topliss-reactive ketones (excluding diaryl/α,β-unsaturated/α-hetero) is 1. The average molecular weight is 499 g/mol. The molecule has 0 bridgehead atoms. The fourth-order valence-electron chi connectivity index (χ4n) is 4.02. The molecule has 0 radical (unpaired) electrons. The highest BCUT2D eigenvalue weighted by Crippen LogP contribution is 2.45. The van der Waals surface area contributed by atoms with E-state index in [4.69, 9.17) is 9.47 Å². The highest BCUT2D eigenvalue weighted by molar-refractivity contribution is 6.51. The Balaban J connectivity index is 1.96. The van der Waals surface area contributed by atoms with Crippen LogP contribution in [0.2, 0.25) is 0 Å². The molecule has 3 aromatic carbocycles. The molecule has 7 nitrogen and oxygen atoms in total. The molecular weight excluding hydrogens is 479 g/mol. The minimum absolute atomic E-state index is 0.00609. The number of rotatable bonds is 5. The van der Waals surface area contributed by atoms with E-state index in [1.165, 1.54) is 62.8 Å². The van der Waals surface area contributed by atoms with Gasteiger partial charge in [-0.05, 0) is 60.2 Å². The summed E-state index contributed by atoms with van der Waals surface area (Å²) in [6.07, 6.45) is -4.69. The molecule has 1 amide bonds. The molecule has 1 fully saturated rings. The van der Waals surface area contributed by atoms with Gasteiger partial charge in [-0.2, -0.15) is 13.2 Å². The van der Waals surface area contributed by atoms with Crippen molar-refractivity contribution in [1.82, 2.24) is 0 Å². The third kappa shape index (κ3) is 4.33. The van der Waals surface area contributed by atoms with Gasteiger partial charge in [-0.1, -0.05) is 12.1 Å². The molecule has 4 rings (SSSR count). The summed E-state index contributed by atoms with van der Waals surface area (Å²) in [5.74, 6) is -2.48. The van der Waals surface area contributed by atoms with Crippen LogP contribution >= 0.6 is 0 Å². The van der Waals surface area contributed by atoms with E-state index in [1.54, 1.807) is 0 Å². The summed E-state index contributed by atoms with van der Waals surface area (Å²) in [5, 5.41) is 21.1. The number of amides is 1. The largest absolute Gasteiger partial charge is 0.507 e. The number of ether oxygens (including phenoxy) is 2. The molecule has 36 heavy (non-hydrogen) atoms. The third-order valence-corrected chi connectivity index (χ3v) is 5.78. The smallest absolute Gasteiger partial charge is 0.416 e. The van der Waals surface area contributed by atoms with Gasteiger partial charge in [0.25, 0.3) is 11.7 Å². The van der Waals surface area contributed by atoms with Crippen molar-refractivity contribution >= 4 is 23.1 Å². The number of carbonyl (C=O) groups is 2. The van der Waals surface area contributed by atoms with Crippen molar-refractivity contribution < 1.29 is 42.4 Å². The minimum Gasteiger partial charge on any atom is -0.507 e. The molecule has 1 atom stereocenters. The van der Waals surface area contributed by atoms with E-state index in [9.17, 15) is 33.0 Å². The van der Waals surface area contributed by atoms with Crippen molar-refractivity contribution in [3.05, 3.63) is 89.0 Å². The molecule has 2 N–H and O–H groups in total. The van der Waals surface area contributed by atoms with E-state index in [-0.39, 0.29) is 33.9 Å². The number of hydrogen-bond donors (Lipinski definition) is 2. The second-order valence-corrected chi connectivity index (χ2v) is 7.88. The zero-order chi connectivity index (χ0) is 26.2. The van der Waals surface area contributed by atoms with Crippen LogP contribution in [0.4, 0.5) is 18.9 Å². The lowest BCUT2D eigenvalue weighted by Crippen LogP contribution is -2.29. The van der Waals surface area contributed by atoms with Gasteiger partial charge in [-0.15, -0.1) is 0 Å². The standard InChI is InChI=1S/C26H20F3NO6/c1-35-18-9-6-14(7-10-18)23(32)21-22(15-8-11-19(31)20(12-15)36-2)30(25(34)24(21)33)17-5-3-4-16(13-17)26(27,28)29/h3-13,22,31-32H,1-2H3/b23-21+/t22-/m1/s1. The maximum Gasteiger partial charge on any atom is 0.416 e. The van der Waals surface area contributed by atoms with Crippen LogP contribution in [0.1, 0.15) is 22.7 Å². The van der Waals surface area contributed by atoms with E-state index in [0.717, 1.165) is 23.1 Å². The molecule has 0 aromatic heterocycles. The monoisotopic (exact) mass is 499 g/mol. The van der Waals surface area contributed by atoms with Crippen molar-refractivity contribution in [2.24, 2.45) is 0 Å². The van der Waals surface area contributed by atoms with Crippen LogP contribution in [0, 0.1) is 0 Å². The summed E-state index contributed by atoms with van der Waals surface area (Å²) < 4.78 is 50.4. The van der Waals surface area contributed by atoms with Gasteiger partial charge in [0, 0.05) is 11.3 Å². The number of carbonyl (C=O) groups excluding carboxylic acids is 2. The Labute approximate surface area is 203 Å². The number of aromatic hydroxyl groups is 1. The molecule has 0 unspecified atom stereocenters. The van der Waals surface area contributed by atoms with E-state index in [0.29, 0.717) is 5.75 Å². The quantitative estimate of drug-likeness (QED) is 0.290. The highest BCUT2D eigenvalue weighted by Gasteiger charge is 2.47. The first-order valence-electron chi connectivity index (χ1n) is 10.6. The van der Waals surface area contributed by atoms with Crippen LogP contribution in [0.25, 0.3) is 5.76 Å². The summed E-state index contributed by atoms with van der Waals surface area (Å²) in [7, 11) is 2.74. The first-order valence-corrected chi connectivity index (χ1v) is 10.6. The maximum absolute atomic E-state index is 13.4. The van der Waals surface area contributed by atoms with Crippen LogP contribution in [0.5, 0.6) is 17.2 Å². The molecule has 0 saturated carbocycles. The van der Waals surface area contributed by atoms with Crippen molar-refractivity contribution in [3.8, 4) is 17.2 Å². The molecule has 3 aromatic rings. The number of alkyl halides is 3. The van der Waals surface area contributed by atoms with Gasteiger partial charge in [0.1, 0.15) is 11.5 Å². The minimum atomic E-state index is -4.69.